The molecule has 0 spiro atoms. The highest BCUT2D eigenvalue weighted by molar-refractivity contribution is 6.06. The Balaban J connectivity index is 1.59. The number of fused-ring (bicyclic) bond motifs is 1. The van der Waals surface area contributed by atoms with E-state index in [4.69, 9.17) is 4.74 Å². The second-order valence-electron chi connectivity index (χ2n) is 7.34. The van der Waals surface area contributed by atoms with Crippen LogP contribution in [0.3, 0.4) is 0 Å². The highest BCUT2D eigenvalue weighted by atomic mass is 16.5. The van der Waals surface area contributed by atoms with Crippen molar-refractivity contribution in [2.75, 3.05) is 5.32 Å². The Labute approximate surface area is 180 Å². The minimum absolute atomic E-state index is 0.374. The van der Waals surface area contributed by atoms with Crippen LogP contribution in [0, 0.1) is 6.92 Å². The number of esters is 1. The molecule has 0 saturated carbocycles. The van der Waals surface area contributed by atoms with E-state index in [1.807, 2.05) is 85.8 Å². The minimum atomic E-state index is -0.957. The number of pyridine rings is 1. The van der Waals surface area contributed by atoms with E-state index >= 15 is 0 Å². The summed E-state index contributed by atoms with van der Waals surface area (Å²) < 4.78 is 5.51. The smallest absolute Gasteiger partial charge is 0.339 e. The Kier molecular flexibility index (Phi) is 5.76. The zero-order valence-corrected chi connectivity index (χ0v) is 17.3. The molecule has 1 aromatic heterocycles. The van der Waals surface area contributed by atoms with E-state index in [9.17, 15) is 9.59 Å². The molecule has 0 aliphatic heterocycles. The molecule has 0 fully saturated rings. The zero-order chi connectivity index (χ0) is 21.8. The van der Waals surface area contributed by atoms with Gasteiger partial charge in [-0.25, -0.2) is 9.78 Å². The van der Waals surface area contributed by atoms with Gasteiger partial charge < -0.3 is 10.1 Å². The lowest BCUT2D eigenvalue weighted by Gasteiger charge is -2.15. The summed E-state index contributed by atoms with van der Waals surface area (Å²) in [5.74, 6) is -0.957. The van der Waals surface area contributed by atoms with Crippen LogP contribution in [0.1, 0.15) is 22.8 Å². The Morgan fingerprint density at radius 1 is 0.903 bits per heavy atom. The predicted octanol–water partition coefficient (Wildman–Crippen LogP) is 5.39. The molecule has 31 heavy (non-hydrogen) atoms. The summed E-state index contributed by atoms with van der Waals surface area (Å²) >= 11 is 0. The van der Waals surface area contributed by atoms with Crippen LogP contribution in [0.2, 0.25) is 0 Å². The number of para-hydroxylation sites is 1. The Hall–Kier alpha value is -3.99. The molecule has 0 aliphatic rings. The highest BCUT2D eigenvalue weighted by Crippen LogP contribution is 2.25. The van der Waals surface area contributed by atoms with E-state index in [0.29, 0.717) is 27.8 Å². The summed E-state index contributed by atoms with van der Waals surface area (Å²) in [6.45, 7) is 3.53. The summed E-state index contributed by atoms with van der Waals surface area (Å²) in [7, 11) is 0. The second-order valence-corrected chi connectivity index (χ2v) is 7.34. The third-order valence-electron chi connectivity index (χ3n) is 4.98. The number of ether oxygens (including phenoxy) is 1. The number of hydrogen-bond acceptors (Lipinski definition) is 4. The summed E-state index contributed by atoms with van der Waals surface area (Å²) in [6, 6.07) is 26.2. The standard InChI is InChI=1S/C26H22N2O3/c1-17-12-14-20(15-13-17)27-25(29)18(2)31-26(30)22-16-24(19-8-4-3-5-9-19)28-23-11-7-6-10-21(22)23/h3-16,18H,1-2H3,(H,27,29)/t18-/m0/s1. The molecule has 154 valence electrons. The van der Waals surface area contributed by atoms with Crippen LogP contribution in [-0.2, 0) is 9.53 Å². The maximum atomic E-state index is 13.0. The molecule has 0 aliphatic carbocycles. The molecule has 0 radical (unpaired) electrons. The van der Waals surface area contributed by atoms with Gasteiger partial charge in [0.25, 0.3) is 5.91 Å². The number of carbonyl (C=O) groups is 2. The average molecular weight is 410 g/mol. The van der Waals surface area contributed by atoms with Crippen molar-refractivity contribution in [3.05, 3.63) is 96.1 Å². The van der Waals surface area contributed by atoms with Crippen LogP contribution < -0.4 is 5.32 Å². The maximum Gasteiger partial charge on any atom is 0.339 e. The molecular formula is C26H22N2O3. The number of nitrogens with one attached hydrogen (secondary N) is 1. The molecule has 1 amide bonds. The maximum absolute atomic E-state index is 13.0. The molecule has 5 heteroatoms. The number of aromatic nitrogens is 1. The first-order valence-electron chi connectivity index (χ1n) is 10.0. The first kappa shape index (κ1) is 20.3. The van der Waals surface area contributed by atoms with Gasteiger partial charge in [0.1, 0.15) is 0 Å². The predicted molar refractivity (Wildman–Crippen MR) is 122 cm³/mol. The number of carbonyl (C=O) groups excluding carboxylic acids is 2. The molecule has 1 N–H and O–H groups in total. The van der Waals surface area contributed by atoms with Crippen molar-refractivity contribution in [3.63, 3.8) is 0 Å². The fourth-order valence-corrected chi connectivity index (χ4v) is 3.26. The number of aryl methyl sites for hydroxylation is 1. The quantitative estimate of drug-likeness (QED) is 0.448. The van der Waals surface area contributed by atoms with Gasteiger partial charge >= 0.3 is 5.97 Å². The molecular weight excluding hydrogens is 388 g/mol. The number of rotatable bonds is 5. The molecule has 1 heterocycles. The molecule has 4 aromatic rings. The van der Waals surface area contributed by atoms with E-state index in [-0.39, 0.29) is 5.91 Å². The largest absolute Gasteiger partial charge is 0.449 e. The minimum Gasteiger partial charge on any atom is -0.449 e. The molecule has 5 nitrogen and oxygen atoms in total. The van der Waals surface area contributed by atoms with E-state index < -0.39 is 12.1 Å². The van der Waals surface area contributed by atoms with Crippen LogP contribution in [0.15, 0.2) is 84.9 Å². The molecule has 0 unspecified atom stereocenters. The summed E-state index contributed by atoms with van der Waals surface area (Å²) in [6.07, 6.45) is -0.957. The molecule has 4 rings (SSSR count). The van der Waals surface area contributed by atoms with E-state index in [1.54, 1.807) is 13.0 Å². The fraction of sp³-hybridized carbons (Fsp3) is 0.115. The van der Waals surface area contributed by atoms with Crippen LogP contribution in [-0.4, -0.2) is 23.0 Å². The summed E-state index contributed by atoms with van der Waals surface area (Å²) in [4.78, 5) is 30.2. The van der Waals surface area contributed by atoms with Crippen molar-refractivity contribution >= 4 is 28.5 Å². The van der Waals surface area contributed by atoms with E-state index in [2.05, 4.69) is 10.3 Å². The third kappa shape index (κ3) is 4.61. The third-order valence-corrected chi connectivity index (χ3v) is 4.98. The Morgan fingerprint density at radius 3 is 2.32 bits per heavy atom. The van der Waals surface area contributed by atoms with Gasteiger partial charge in [-0.15, -0.1) is 0 Å². The number of hydrogen-bond donors (Lipinski definition) is 1. The first-order valence-corrected chi connectivity index (χ1v) is 10.0. The van der Waals surface area contributed by atoms with Gasteiger partial charge in [-0.3, -0.25) is 4.79 Å². The van der Waals surface area contributed by atoms with Crippen LogP contribution >= 0.6 is 0 Å². The number of anilines is 1. The van der Waals surface area contributed by atoms with Gasteiger partial charge in [0.05, 0.1) is 16.8 Å². The van der Waals surface area contributed by atoms with Gasteiger partial charge in [0.15, 0.2) is 6.10 Å². The number of nitrogens with zero attached hydrogens (tertiary/aromatic N) is 1. The van der Waals surface area contributed by atoms with Gasteiger partial charge in [-0.2, -0.15) is 0 Å². The van der Waals surface area contributed by atoms with Crippen LogP contribution in [0.5, 0.6) is 0 Å². The molecule has 0 bridgehead atoms. The normalized spacial score (nSPS) is 11.7. The van der Waals surface area contributed by atoms with Crippen LogP contribution in [0.25, 0.3) is 22.2 Å². The van der Waals surface area contributed by atoms with Crippen molar-refractivity contribution < 1.29 is 14.3 Å². The molecule has 3 aromatic carbocycles. The summed E-state index contributed by atoms with van der Waals surface area (Å²) in [5.41, 5.74) is 4.37. The molecule has 1 atom stereocenters. The lowest BCUT2D eigenvalue weighted by Crippen LogP contribution is -2.30. The fourth-order valence-electron chi connectivity index (χ4n) is 3.26. The Bertz CT molecular complexity index is 1230. The number of amides is 1. The first-order chi connectivity index (χ1) is 15.0. The molecule has 0 saturated heterocycles. The zero-order valence-electron chi connectivity index (χ0n) is 17.3. The monoisotopic (exact) mass is 410 g/mol. The van der Waals surface area contributed by atoms with Crippen molar-refractivity contribution in [1.82, 2.24) is 4.98 Å². The van der Waals surface area contributed by atoms with Crippen molar-refractivity contribution in [3.8, 4) is 11.3 Å². The topological polar surface area (TPSA) is 68.3 Å². The van der Waals surface area contributed by atoms with Gasteiger partial charge in [-0.05, 0) is 38.1 Å². The second kappa shape index (κ2) is 8.79. The van der Waals surface area contributed by atoms with Gasteiger partial charge in [-0.1, -0.05) is 66.2 Å². The number of benzene rings is 3. The van der Waals surface area contributed by atoms with Crippen molar-refractivity contribution in [2.45, 2.75) is 20.0 Å². The van der Waals surface area contributed by atoms with E-state index in [1.165, 1.54) is 0 Å². The van der Waals surface area contributed by atoms with Crippen molar-refractivity contribution in [1.29, 1.82) is 0 Å². The highest BCUT2D eigenvalue weighted by Gasteiger charge is 2.21. The van der Waals surface area contributed by atoms with Gasteiger partial charge in [0, 0.05) is 16.6 Å². The SMILES string of the molecule is Cc1ccc(NC(=O)[C@H](C)OC(=O)c2cc(-c3ccccc3)nc3ccccc23)cc1. The average Bonchev–Trinajstić information content (AvgIpc) is 2.80. The lowest BCUT2D eigenvalue weighted by molar-refractivity contribution is -0.123. The van der Waals surface area contributed by atoms with Gasteiger partial charge in [0.2, 0.25) is 0 Å². The van der Waals surface area contributed by atoms with Crippen LogP contribution in [0.4, 0.5) is 5.69 Å². The Morgan fingerprint density at radius 2 is 1.58 bits per heavy atom. The van der Waals surface area contributed by atoms with E-state index in [0.717, 1.165) is 11.1 Å². The lowest BCUT2D eigenvalue weighted by atomic mass is 10.0. The van der Waals surface area contributed by atoms with Crippen molar-refractivity contribution in [2.24, 2.45) is 0 Å². The summed E-state index contributed by atoms with van der Waals surface area (Å²) in [5, 5.41) is 3.45.